The molecular weight excluding hydrogens is 564 g/mol. The van der Waals surface area contributed by atoms with Crippen LogP contribution in [-0.2, 0) is 31.0 Å². The second-order valence-electron chi connectivity index (χ2n) is 9.07. The van der Waals surface area contributed by atoms with Crippen molar-refractivity contribution in [1.82, 2.24) is 14.2 Å². The fourth-order valence-electron chi connectivity index (χ4n) is 3.94. The average Bonchev–Trinajstić information content (AvgIpc) is 2.79. The van der Waals surface area contributed by atoms with Crippen LogP contribution in [0.4, 0.5) is 26.3 Å². The Kier molecular flexibility index (Phi) is 12.6. The number of pyridine rings is 1. The van der Waals surface area contributed by atoms with Crippen LogP contribution in [0.1, 0.15) is 31.7 Å². The lowest BCUT2D eigenvalue weighted by Crippen LogP contribution is -2.72. The molecule has 224 valence electrons. The standard InChI is InChI=1S/C18H29N3O3S.2C2HF3O2/c1-3-9-25(22,23)21-14-18(15-21)10-16(6-8-20(18)2)12-24-13-17-5-4-7-19-11-17;2*3-2(4,5)1(6)7/h4-5,7,11,16H,3,6,8-10,12-15H2,1-2H3;2*(H,6,7). The second-order valence-corrected chi connectivity index (χ2v) is 11.2. The Balaban J connectivity index is 0.000000449. The topological polar surface area (TPSA) is 137 Å². The summed E-state index contributed by atoms with van der Waals surface area (Å²) < 4.78 is 95.5. The van der Waals surface area contributed by atoms with E-state index >= 15 is 0 Å². The number of alkyl halides is 6. The maximum absolute atomic E-state index is 12.2. The molecule has 2 saturated heterocycles. The van der Waals surface area contributed by atoms with Gasteiger partial charge in [-0.05, 0) is 50.4 Å². The van der Waals surface area contributed by atoms with Crippen molar-refractivity contribution in [1.29, 1.82) is 0 Å². The molecule has 3 heterocycles. The van der Waals surface area contributed by atoms with Gasteiger partial charge in [0.05, 0.1) is 12.4 Å². The summed E-state index contributed by atoms with van der Waals surface area (Å²) in [7, 11) is -0.953. The first kappa shape index (κ1) is 34.5. The molecule has 2 N–H and O–H groups in total. The van der Waals surface area contributed by atoms with Gasteiger partial charge in [0.2, 0.25) is 10.0 Å². The van der Waals surface area contributed by atoms with Crippen LogP contribution in [0.5, 0.6) is 0 Å². The van der Waals surface area contributed by atoms with Gasteiger partial charge in [-0.15, -0.1) is 0 Å². The van der Waals surface area contributed by atoms with Gasteiger partial charge < -0.3 is 14.9 Å². The zero-order chi connectivity index (χ0) is 30.1. The van der Waals surface area contributed by atoms with Crippen LogP contribution in [0.15, 0.2) is 24.5 Å². The summed E-state index contributed by atoms with van der Waals surface area (Å²) in [5.74, 6) is -4.77. The molecule has 0 aromatic carbocycles. The smallest absolute Gasteiger partial charge is 0.475 e. The van der Waals surface area contributed by atoms with Crippen LogP contribution in [0, 0.1) is 5.92 Å². The van der Waals surface area contributed by atoms with E-state index in [0.717, 1.165) is 31.6 Å². The molecule has 10 nitrogen and oxygen atoms in total. The van der Waals surface area contributed by atoms with Gasteiger partial charge in [0.1, 0.15) is 0 Å². The number of likely N-dealkylation sites (N-methyl/N-ethyl adjacent to an activating group) is 1. The van der Waals surface area contributed by atoms with E-state index in [4.69, 9.17) is 24.5 Å². The fourth-order valence-corrected chi connectivity index (χ4v) is 5.59. The van der Waals surface area contributed by atoms with E-state index in [1.807, 2.05) is 25.3 Å². The van der Waals surface area contributed by atoms with Crippen molar-refractivity contribution in [2.75, 3.05) is 39.0 Å². The van der Waals surface area contributed by atoms with Gasteiger partial charge in [-0.3, -0.25) is 9.88 Å². The first-order chi connectivity index (χ1) is 17.8. The largest absolute Gasteiger partial charge is 0.490 e. The molecule has 17 heteroatoms. The minimum Gasteiger partial charge on any atom is -0.475 e. The second kappa shape index (κ2) is 14.2. The zero-order valence-corrected chi connectivity index (χ0v) is 22.0. The van der Waals surface area contributed by atoms with Gasteiger partial charge in [-0.2, -0.15) is 30.6 Å². The summed E-state index contributed by atoms with van der Waals surface area (Å²) in [5.41, 5.74) is 1.09. The molecule has 0 bridgehead atoms. The Labute approximate surface area is 221 Å². The predicted octanol–water partition coefficient (Wildman–Crippen LogP) is 3.00. The third kappa shape index (κ3) is 11.3. The monoisotopic (exact) mass is 595 g/mol. The highest BCUT2D eigenvalue weighted by Gasteiger charge is 2.52. The number of carboxylic acid groups (broad SMARTS) is 2. The van der Waals surface area contributed by atoms with Gasteiger partial charge in [0.25, 0.3) is 0 Å². The lowest BCUT2D eigenvalue weighted by Gasteiger charge is -2.57. The molecule has 0 radical (unpaired) electrons. The van der Waals surface area contributed by atoms with Crippen molar-refractivity contribution in [3.63, 3.8) is 0 Å². The summed E-state index contributed by atoms with van der Waals surface area (Å²) in [5, 5.41) is 14.2. The Bertz CT molecular complexity index is 1010. The minimum absolute atomic E-state index is 0.00138. The number of hydrogen-bond acceptors (Lipinski definition) is 7. The minimum atomic E-state index is -5.08. The molecule has 1 unspecified atom stereocenters. The van der Waals surface area contributed by atoms with Gasteiger partial charge in [-0.25, -0.2) is 18.0 Å². The zero-order valence-electron chi connectivity index (χ0n) is 21.2. The molecule has 0 aliphatic carbocycles. The molecular formula is C22H31F6N3O7S. The molecule has 1 aromatic rings. The summed E-state index contributed by atoms with van der Waals surface area (Å²) in [6, 6.07) is 3.94. The van der Waals surface area contributed by atoms with Crippen LogP contribution < -0.4 is 0 Å². The normalized spacial score (nSPS) is 19.6. The summed E-state index contributed by atoms with van der Waals surface area (Å²) in [4.78, 5) is 24.2. The Morgan fingerprint density at radius 3 is 2.10 bits per heavy atom. The van der Waals surface area contributed by atoms with E-state index in [0.29, 0.717) is 32.0 Å². The highest BCUT2D eigenvalue weighted by molar-refractivity contribution is 7.89. The van der Waals surface area contributed by atoms with E-state index in [2.05, 4.69) is 16.9 Å². The molecule has 0 saturated carbocycles. The number of carboxylic acids is 2. The molecule has 1 aromatic heterocycles. The number of ether oxygens (including phenoxy) is 1. The molecule has 39 heavy (non-hydrogen) atoms. The van der Waals surface area contributed by atoms with E-state index in [-0.39, 0.29) is 11.3 Å². The van der Waals surface area contributed by atoms with Crippen molar-refractivity contribution < 1.29 is 59.3 Å². The fraction of sp³-hybridized carbons (Fsp3) is 0.682. The molecule has 2 aliphatic heterocycles. The summed E-state index contributed by atoms with van der Waals surface area (Å²) in [6.45, 7) is 5.49. The molecule has 3 rings (SSSR count). The van der Waals surface area contributed by atoms with Crippen LogP contribution in [-0.4, -0.2) is 102 Å². The highest BCUT2D eigenvalue weighted by Crippen LogP contribution is 2.39. The van der Waals surface area contributed by atoms with Gasteiger partial charge >= 0.3 is 24.3 Å². The number of piperidine rings is 1. The van der Waals surface area contributed by atoms with Gasteiger partial charge in [-0.1, -0.05) is 13.0 Å². The number of hydrogen-bond donors (Lipinski definition) is 2. The SMILES string of the molecule is CCCS(=O)(=O)N1CC2(CC(COCc3cccnc3)CCN2C)C1.O=C(O)C(F)(F)F.O=C(O)C(F)(F)F. The van der Waals surface area contributed by atoms with Crippen molar-refractivity contribution in [2.45, 2.75) is 50.7 Å². The number of aliphatic carboxylic acids is 2. The third-order valence-electron chi connectivity index (χ3n) is 5.98. The molecule has 2 fully saturated rings. The number of carbonyl (C=O) groups is 2. The van der Waals surface area contributed by atoms with E-state index in [1.54, 1.807) is 10.5 Å². The molecule has 1 atom stereocenters. The first-order valence-electron chi connectivity index (χ1n) is 11.6. The third-order valence-corrected chi connectivity index (χ3v) is 7.95. The van der Waals surface area contributed by atoms with Crippen LogP contribution in [0.3, 0.4) is 0 Å². The van der Waals surface area contributed by atoms with E-state index < -0.39 is 34.3 Å². The number of nitrogens with zero attached hydrogens (tertiary/aromatic N) is 3. The number of rotatable bonds is 7. The molecule has 2 aliphatic rings. The number of sulfonamides is 1. The number of halogens is 6. The Morgan fingerprint density at radius 1 is 1.13 bits per heavy atom. The predicted molar refractivity (Wildman–Crippen MR) is 125 cm³/mol. The van der Waals surface area contributed by atoms with Gasteiger partial charge in [0, 0.05) is 37.6 Å². The Hall–Kier alpha value is -2.50. The lowest BCUT2D eigenvalue weighted by molar-refractivity contribution is -0.193. The quantitative estimate of drug-likeness (QED) is 0.456. The maximum atomic E-state index is 12.2. The van der Waals surface area contributed by atoms with Crippen molar-refractivity contribution in [2.24, 2.45) is 5.92 Å². The number of aromatic nitrogens is 1. The average molecular weight is 596 g/mol. The Morgan fingerprint density at radius 2 is 1.67 bits per heavy atom. The first-order valence-corrected chi connectivity index (χ1v) is 13.2. The molecule has 1 spiro atoms. The van der Waals surface area contributed by atoms with Crippen LogP contribution in [0.2, 0.25) is 0 Å². The van der Waals surface area contributed by atoms with E-state index in [1.165, 1.54) is 0 Å². The summed E-state index contributed by atoms with van der Waals surface area (Å²) >= 11 is 0. The van der Waals surface area contributed by atoms with Crippen molar-refractivity contribution >= 4 is 22.0 Å². The van der Waals surface area contributed by atoms with Crippen molar-refractivity contribution in [3.05, 3.63) is 30.1 Å². The van der Waals surface area contributed by atoms with Gasteiger partial charge in [0.15, 0.2) is 0 Å². The molecule has 0 amide bonds. The lowest BCUT2D eigenvalue weighted by atomic mass is 9.77. The summed E-state index contributed by atoms with van der Waals surface area (Å²) in [6.07, 6.45) is -3.79. The number of likely N-dealkylation sites (tertiary alicyclic amines) is 1. The highest BCUT2D eigenvalue weighted by atomic mass is 32.2. The maximum Gasteiger partial charge on any atom is 0.490 e. The van der Waals surface area contributed by atoms with Crippen molar-refractivity contribution in [3.8, 4) is 0 Å². The van der Waals surface area contributed by atoms with E-state index in [9.17, 15) is 34.8 Å². The van der Waals surface area contributed by atoms with Crippen LogP contribution in [0.25, 0.3) is 0 Å². The van der Waals surface area contributed by atoms with Crippen LogP contribution >= 0.6 is 0 Å².